The van der Waals surface area contributed by atoms with E-state index in [4.69, 9.17) is 16.3 Å². The van der Waals surface area contributed by atoms with Crippen LogP contribution in [0.15, 0.2) is 67.1 Å². The van der Waals surface area contributed by atoms with Gasteiger partial charge in [0.25, 0.3) is 11.8 Å². The topological polar surface area (TPSA) is 126 Å². The van der Waals surface area contributed by atoms with Crippen molar-refractivity contribution >= 4 is 52.3 Å². The molecular weight excluding hydrogens is 528 g/mol. The second kappa shape index (κ2) is 11.0. The fourth-order valence-corrected chi connectivity index (χ4v) is 5.04. The molecule has 1 atom stereocenters. The molecule has 192 valence electrons. The van der Waals surface area contributed by atoms with Crippen molar-refractivity contribution < 1.29 is 19.1 Å². The predicted octanol–water partition coefficient (Wildman–Crippen LogP) is 4.05. The maximum Gasteiger partial charge on any atom is 0.268 e. The normalized spacial score (nSPS) is 14.9. The van der Waals surface area contributed by atoms with Gasteiger partial charge in [0.15, 0.2) is 5.75 Å². The molecule has 4 aromatic rings. The number of carbonyl (C=O) groups is 3. The van der Waals surface area contributed by atoms with Gasteiger partial charge in [-0.3, -0.25) is 24.7 Å². The number of pyridine rings is 1. The molecule has 0 fully saturated rings. The fourth-order valence-electron chi connectivity index (χ4n) is 3.96. The van der Waals surface area contributed by atoms with Crippen LogP contribution >= 0.6 is 22.9 Å². The number of rotatable bonds is 7. The molecule has 10 nitrogen and oxygen atoms in total. The predicted molar refractivity (Wildman–Crippen MR) is 143 cm³/mol. The Morgan fingerprint density at radius 2 is 1.95 bits per heavy atom. The highest BCUT2D eigenvalue weighted by Crippen LogP contribution is 2.30. The molecule has 2 N–H and O–H groups in total. The minimum Gasteiger partial charge on any atom is -0.494 e. The summed E-state index contributed by atoms with van der Waals surface area (Å²) in [5.74, 6) is -0.470. The summed E-state index contributed by atoms with van der Waals surface area (Å²) in [5, 5.41) is 5.89. The Balaban J connectivity index is 1.41. The van der Waals surface area contributed by atoms with Crippen molar-refractivity contribution in [3.63, 3.8) is 0 Å². The van der Waals surface area contributed by atoms with Gasteiger partial charge < -0.3 is 15.0 Å². The highest BCUT2D eigenvalue weighted by molar-refractivity contribution is 7.14. The smallest absolute Gasteiger partial charge is 0.268 e. The molecule has 5 rings (SSSR count). The number of aromatic nitrogens is 3. The third kappa shape index (κ3) is 5.48. The molecule has 0 spiro atoms. The summed E-state index contributed by atoms with van der Waals surface area (Å²) in [5.41, 5.74) is 1.35. The van der Waals surface area contributed by atoms with Gasteiger partial charge in [-0.1, -0.05) is 17.7 Å². The monoisotopic (exact) mass is 548 g/mol. The number of amides is 3. The van der Waals surface area contributed by atoms with E-state index in [0.717, 1.165) is 4.88 Å². The lowest BCUT2D eigenvalue weighted by Gasteiger charge is -2.28. The second-order valence-electron chi connectivity index (χ2n) is 8.32. The van der Waals surface area contributed by atoms with Crippen LogP contribution in [-0.4, -0.2) is 50.7 Å². The van der Waals surface area contributed by atoms with Crippen LogP contribution in [0.3, 0.4) is 0 Å². The maximum absolute atomic E-state index is 13.7. The Labute approximate surface area is 226 Å². The van der Waals surface area contributed by atoms with Crippen LogP contribution in [-0.2, 0) is 17.8 Å². The fraction of sp³-hybridized carbons (Fsp3) is 0.154. The highest BCUT2D eigenvalue weighted by Gasteiger charge is 2.36. The molecular formula is C26H21ClN6O4S. The van der Waals surface area contributed by atoms with Crippen molar-refractivity contribution in [3.8, 4) is 5.75 Å². The van der Waals surface area contributed by atoms with E-state index in [-0.39, 0.29) is 30.7 Å². The van der Waals surface area contributed by atoms with Gasteiger partial charge in [0.2, 0.25) is 11.9 Å². The van der Waals surface area contributed by atoms with Crippen LogP contribution in [0.1, 0.15) is 30.6 Å². The van der Waals surface area contributed by atoms with E-state index in [9.17, 15) is 14.4 Å². The molecule has 12 heteroatoms. The molecule has 0 saturated carbocycles. The van der Waals surface area contributed by atoms with E-state index in [1.165, 1.54) is 35.7 Å². The molecule has 3 amide bonds. The summed E-state index contributed by atoms with van der Waals surface area (Å²) < 4.78 is 5.03. The zero-order valence-electron chi connectivity index (χ0n) is 20.1. The Bertz CT molecular complexity index is 1500. The van der Waals surface area contributed by atoms with Crippen LogP contribution in [0, 0.1) is 0 Å². The number of halogens is 1. The van der Waals surface area contributed by atoms with Crippen LogP contribution in [0.5, 0.6) is 5.75 Å². The molecule has 4 heterocycles. The first-order valence-electron chi connectivity index (χ1n) is 11.5. The Hall–Kier alpha value is -4.35. The van der Waals surface area contributed by atoms with Crippen LogP contribution in [0.4, 0.5) is 11.6 Å². The lowest BCUT2D eigenvalue weighted by molar-refractivity contribution is -0.120. The van der Waals surface area contributed by atoms with Crippen molar-refractivity contribution in [1.29, 1.82) is 0 Å². The van der Waals surface area contributed by atoms with E-state index in [1.807, 2.05) is 6.07 Å². The SMILES string of the molecule is COc1cnc(NC(=O)c2ccc(CN3C(=O)c4ccc(Cl)cc4NC(=O)[C@H]3Cc3ccccn3)s2)nc1. The van der Waals surface area contributed by atoms with Gasteiger partial charge in [-0.25, -0.2) is 9.97 Å². The number of fused-ring (bicyclic) bond motifs is 1. The Morgan fingerprint density at radius 3 is 2.68 bits per heavy atom. The van der Waals surface area contributed by atoms with Crippen molar-refractivity contribution in [2.75, 3.05) is 17.7 Å². The summed E-state index contributed by atoms with van der Waals surface area (Å²) in [6.45, 7) is 0.114. The number of ether oxygens (including phenoxy) is 1. The molecule has 1 aliphatic heterocycles. The highest BCUT2D eigenvalue weighted by atomic mass is 35.5. The van der Waals surface area contributed by atoms with Crippen LogP contribution in [0.2, 0.25) is 5.02 Å². The first kappa shape index (κ1) is 25.3. The first-order valence-corrected chi connectivity index (χ1v) is 12.7. The Morgan fingerprint density at radius 1 is 1.13 bits per heavy atom. The standard InChI is InChI=1S/C26H21ClN6O4S/c1-37-17-12-29-26(30-13-17)32-24(35)22-8-6-18(38-22)14-33-21(11-16-4-2-3-9-28-16)23(34)31-20-10-15(27)5-7-19(20)25(33)36/h2-10,12-13,21H,11,14H2,1H3,(H,31,34)(H,29,30,32,35)/t21-/m1/s1. The summed E-state index contributed by atoms with van der Waals surface area (Å²) in [7, 11) is 1.50. The van der Waals surface area contributed by atoms with Gasteiger partial charge in [-0.2, -0.15) is 0 Å². The van der Waals surface area contributed by atoms with Gasteiger partial charge in [-0.15, -0.1) is 11.3 Å². The minimum atomic E-state index is -0.837. The number of carbonyl (C=O) groups excluding carboxylic acids is 3. The van der Waals surface area contributed by atoms with Crippen LogP contribution in [0.25, 0.3) is 0 Å². The number of hydrogen-bond donors (Lipinski definition) is 2. The molecule has 3 aromatic heterocycles. The zero-order valence-corrected chi connectivity index (χ0v) is 21.6. The van der Waals surface area contributed by atoms with E-state index >= 15 is 0 Å². The van der Waals surface area contributed by atoms with Crippen LogP contribution < -0.4 is 15.4 Å². The number of nitrogens with zero attached hydrogens (tertiary/aromatic N) is 4. The molecule has 0 saturated heterocycles. The molecule has 0 unspecified atom stereocenters. The quantitative estimate of drug-likeness (QED) is 0.357. The largest absolute Gasteiger partial charge is 0.494 e. The molecule has 0 bridgehead atoms. The van der Waals surface area contributed by atoms with E-state index in [0.29, 0.717) is 32.6 Å². The number of benzene rings is 1. The van der Waals surface area contributed by atoms with E-state index in [1.54, 1.807) is 48.7 Å². The number of methoxy groups -OCH3 is 1. The van der Waals surface area contributed by atoms with E-state index < -0.39 is 11.9 Å². The second-order valence-corrected chi connectivity index (χ2v) is 9.92. The average Bonchev–Trinajstić information content (AvgIpc) is 3.37. The zero-order chi connectivity index (χ0) is 26.6. The summed E-state index contributed by atoms with van der Waals surface area (Å²) in [6, 6.07) is 12.8. The molecule has 38 heavy (non-hydrogen) atoms. The Kier molecular flexibility index (Phi) is 7.29. The molecule has 0 aliphatic carbocycles. The van der Waals surface area contributed by atoms with Gasteiger partial charge in [0.05, 0.1) is 42.2 Å². The van der Waals surface area contributed by atoms with Gasteiger partial charge >= 0.3 is 0 Å². The maximum atomic E-state index is 13.7. The van der Waals surface area contributed by atoms with Gasteiger partial charge in [-0.05, 0) is 42.5 Å². The number of hydrogen-bond acceptors (Lipinski definition) is 8. The lowest BCUT2D eigenvalue weighted by Crippen LogP contribution is -2.46. The van der Waals surface area contributed by atoms with Crippen molar-refractivity contribution in [1.82, 2.24) is 19.9 Å². The number of anilines is 2. The summed E-state index contributed by atoms with van der Waals surface area (Å²) in [4.78, 5) is 54.9. The third-order valence-electron chi connectivity index (χ3n) is 5.84. The van der Waals surface area contributed by atoms with Gasteiger partial charge in [0, 0.05) is 28.2 Å². The average molecular weight is 549 g/mol. The molecule has 1 aromatic carbocycles. The number of nitrogens with one attached hydrogen (secondary N) is 2. The summed E-state index contributed by atoms with van der Waals surface area (Å²) in [6.07, 6.45) is 4.76. The molecule has 0 radical (unpaired) electrons. The van der Waals surface area contributed by atoms with E-state index in [2.05, 4.69) is 25.6 Å². The first-order chi connectivity index (χ1) is 18.4. The third-order valence-corrected chi connectivity index (χ3v) is 7.14. The lowest BCUT2D eigenvalue weighted by atomic mass is 10.1. The van der Waals surface area contributed by atoms with Crippen molar-refractivity contribution in [2.45, 2.75) is 19.0 Å². The van der Waals surface area contributed by atoms with Crippen molar-refractivity contribution in [2.24, 2.45) is 0 Å². The minimum absolute atomic E-state index is 0.114. The van der Waals surface area contributed by atoms with Crippen molar-refractivity contribution in [3.05, 3.63) is 93.2 Å². The summed E-state index contributed by atoms with van der Waals surface area (Å²) >= 11 is 7.33. The number of thiophene rings is 1. The van der Waals surface area contributed by atoms with Gasteiger partial charge in [0.1, 0.15) is 6.04 Å². The molecule has 1 aliphatic rings.